The lowest BCUT2D eigenvalue weighted by Crippen LogP contribution is -2.42. The predicted octanol–water partition coefficient (Wildman–Crippen LogP) is -0.0777. The number of carbonyl (C=O) groups is 1. The van der Waals surface area contributed by atoms with Gasteiger partial charge < -0.3 is 15.3 Å². The molecule has 2 rings (SSSR count). The first-order chi connectivity index (χ1) is 7.79. The summed E-state index contributed by atoms with van der Waals surface area (Å²) in [6.45, 7) is 2.79. The van der Waals surface area contributed by atoms with Gasteiger partial charge in [0.25, 0.3) is 0 Å². The largest absolute Gasteiger partial charge is 0.396 e. The van der Waals surface area contributed by atoms with Crippen LogP contribution in [-0.4, -0.2) is 59.7 Å². The molecule has 0 aliphatic carbocycles. The number of nitrogens with one attached hydrogen (secondary N) is 1. The van der Waals surface area contributed by atoms with Gasteiger partial charge in [0.2, 0.25) is 5.91 Å². The number of nitrogens with zero attached hydrogens (tertiary/aromatic N) is 1. The number of hydrogen-bond acceptors (Lipinski definition) is 4. The van der Waals surface area contributed by atoms with Gasteiger partial charge in [0, 0.05) is 56.1 Å². The Balaban J connectivity index is 1.75. The normalized spacial score (nSPS) is 30.7. The minimum atomic E-state index is 0.210. The Labute approximate surface area is 101 Å². The van der Waals surface area contributed by atoms with Crippen molar-refractivity contribution in [2.75, 3.05) is 37.7 Å². The topological polar surface area (TPSA) is 52.6 Å². The Kier molecular flexibility index (Phi) is 4.49. The van der Waals surface area contributed by atoms with Gasteiger partial charge in [0.1, 0.15) is 0 Å². The van der Waals surface area contributed by atoms with Gasteiger partial charge in [-0.25, -0.2) is 0 Å². The first-order valence-electron chi connectivity index (χ1n) is 5.99. The van der Waals surface area contributed by atoms with Crippen molar-refractivity contribution < 1.29 is 9.90 Å². The van der Waals surface area contributed by atoms with Crippen LogP contribution in [0.3, 0.4) is 0 Å². The van der Waals surface area contributed by atoms with E-state index in [0.29, 0.717) is 18.4 Å². The third-order valence-electron chi connectivity index (χ3n) is 3.32. The Hall–Kier alpha value is -0.260. The fourth-order valence-electron chi connectivity index (χ4n) is 2.30. The zero-order chi connectivity index (χ0) is 11.4. The summed E-state index contributed by atoms with van der Waals surface area (Å²) in [5.74, 6) is 2.75. The first-order valence-corrected chi connectivity index (χ1v) is 7.15. The summed E-state index contributed by atoms with van der Waals surface area (Å²) in [5, 5.41) is 12.4. The minimum Gasteiger partial charge on any atom is -0.396 e. The zero-order valence-electron chi connectivity index (χ0n) is 9.52. The summed E-state index contributed by atoms with van der Waals surface area (Å²) < 4.78 is 0. The molecule has 0 aromatic heterocycles. The highest BCUT2D eigenvalue weighted by atomic mass is 32.2. The molecule has 16 heavy (non-hydrogen) atoms. The third-order valence-corrected chi connectivity index (χ3v) is 4.45. The Morgan fingerprint density at radius 1 is 1.56 bits per heavy atom. The molecule has 0 spiro atoms. The molecule has 0 saturated carbocycles. The van der Waals surface area contributed by atoms with E-state index in [4.69, 9.17) is 5.11 Å². The van der Waals surface area contributed by atoms with Gasteiger partial charge in [-0.05, 0) is 6.42 Å². The molecule has 2 unspecified atom stereocenters. The summed E-state index contributed by atoms with van der Waals surface area (Å²) in [6.07, 6.45) is 1.57. The molecule has 2 saturated heterocycles. The van der Waals surface area contributed by atoms with Crippen molar-refractivity contribution >= 4 is 17.7 Å². The molecule has 2 aliphatic rings. The number of hydrogen-bond donors (Lipinski definition) is 2. The lowest BCUT2D eigenvalue weighted by molar-refractivity contribution is -0.130. The van der Waals surface area contributed by atoms with Crippen LogP contribution in [0.2, 0.25) is 0 Å². The molecule has 4 nitrogen and oxygen atoms in total. The quantitative estimate of drug-likeness (QED) is 0.729. The summed E-state index contributed by atoms with van der Waals surface area (Å²) in [6, 6.07) is 0.347. The van der Waals surface area contributed by atoms with Crippen molar-refractivity contribution in [1.29, 1.82) is 0 Å². The van der Waals surface area contributed by atoms with E-state index in [-0.39, 0.29) is 12.5 Å². The van der Waals surface area contributed by atoms with Gasteiger partial charge in [-0.3, -0.25) is 4.79 Å². The highest BCUT2D eigenvalue weighted by Crippen LogP contribution is 2.18. The van der Waals surface area contributed by atoms with Gasteiger partial charge in [-0.2, -0.15) is 11.8 Å². The van der Waals surface area contributed by atoms with Crippen LogP contribution in [0.1, 0.15) is 12.8 Å². The smallest absolute Gasteiger partial charge is 0.224 e. The number of aliphatic hydroxyl groups excluding tert-OH is 1. The van der Waals surface area contributed by atoms with Crippen LogP contribution in [0.15, 0.2) is 0 Å². The van der Waals surface area contributed by atoms with E-state index in [2.05, 4.69) is 5.32 Å². The van der Waals surface area contributed by atoms with E-state index in [1.54, 1.807) is 0 Å². The molecule has 5 heteroatoms. The molecule has 2 aliphatic heterocycles. The number of thioether (sulfide) groups is 1. The Morgan fingerprint density at radius 3 is 3.06 bits per heavy atom. The van der Waals surface area contributed by atoms with Crippen LogP contribution in [0, 0.1) is 5.92 Å². The Morgan fingerprint density at radius 2 is 2.44 bits per heavy atom. The first kappa shape index (κ1) is 12.2. The van der Waals surface area contributed by atoms with Crippen molar-refractivity contribution in [3.8, 4) is 0 Å². The third kappa shape index (κ3) is 3.12. The average Bonchev–Trinajstić information content (AvgIpc) is 2.79. The monoisotopic (exact) mass is 244 g/mol. The van der Waals surface area contributed by atoms with Crippen molar-refractivity contribution in [2.24, 2.45) is 5.92 Å². The Bertz CT molecular complexity index is 244. The fraction of sp³-hybridized carbons (Fsp3) is 0.909. The van der Waals surface area contributed by atoms with Crippen molar-refractivity contribution in [3.05, 3.63) is 0 Å². The van der Waals surface area contributed by atoms with Crippen molar-refractivity contribution in [2.45, 2.75) is 18.9 Å². The van der Waals surface area contributed by atoms with Crippen molar-refractivity contribution in [3.63, 3.8) is 0 Å². The standard InChI is InChI=1S/C11H20N2O2S/c14-7-9-1-3-13(6-9)11(15)5-10-8-16-4-2-12-10/h9-10,12,14H,1-8H2. The summed E-state index contributed by atoms with van der Waals surface area (Å²) >= 11 is 1.92. The molecule has 0 radical (unpaired) electrons. The molecule has 0 aromatic rings. The maximum Gasteiger partial charge on any atom is 0.224 e. The second-order valence-electron chi connectivity index (χ2n) is 4.61. The van der Waals surface area contributed by atoms with Gasteiger partial charge >= 0.3 is 0 Å². The molecule has 92 valence electrons. The minimum absolute atomic E-state index is 0.210. The van der Waals surface area contributed by atoms with Gasteiger partial charge in [0.15, 0.2) is 0 Å². The molecule has 2 N–H and O–H groups in total. The average molecular weight is 244 g/mol. The van der Waals surface area contributed by atoms with Crippen LogP contribution in [-0.2, 0) is 4.79 Å². The molecule has 2 heterocycles. The molecular weight excluding hydrogens is 224 g/mol. The van der Waals surface area contributed by atoms with E-state index in [9.17, 15) is 4.79 Å². The van der Waals surface area contributed by atoms with Crippen LogP contribution < -0.4 is 5.32 Å². The molecule has 2 fully saturated rings. The number of amides is 1. The van der Waals surface area contributed by atoms with Crippen molar-refractivity contribution in [1.82, 2.24) is 10.2 Å². The number of aliphatic hydroxyl groups is 1. The van der Waals surface area contributed by atoms with Gasteiger partial charge in [-0.15, -0.1) is 0 Å². The van der Waals surface area contributed by atoms with E-state index >= 15 is 0 Å². The van der Waals surface area contributed by atoms with Crippen LogP contribution in [0.5, 0.6) is 0 Å². The second-order valence-corrected chi connectivity index (χ2v) is 5.76. The lowest BCUT2D eigenvalue weighted by Gasteiger charge is -2.25. The van der Waals surface area contributed by atoms with Crippen LogP contribution in [0.25, 0.3) is 0 Å². The summed E-state index contributed by atoms with van der Waals surface area (Å²) in [5.41, 5.74) is 0. The predicted molar refractivity (Wildman–Crippen MR) is 65.5 cm³/mol. The maximum absolute atomic E-state index is 12.0. The fourth-order valence-corrected chi connectivity index (χ4v) is 3.25. The molecular formula is C11H20N2O2S. The van der Waals surface area contributed by atoms with E-state index < -0.39 is 0 Å². The molecule has 0 aromatic carbocycles. The SMILES string of the molecule is O=C(CC1CSCCN1)N1CCC(CO)C1. The molecule has 2 atom stereocenters. The van der Waals surface area contributed by atoms with Crippen LogP contribution >= 0.6 is 11.8 Å². The second kappa shape index (κ2) is 5.89. The van der Waals surface area contributed by atoms with Crippen LogP contribution in [0.4, 0.5) is 0 Å². The maximum atomic E-state index is 12.0. The van der Waals surface area contributed by atoms with E-state index in [1.165, 1.54) is 0 Å². The summed E-state index contributed by atoms with van der Waals surface area (Å²) in [7, 11) is 0. The van der Waals surface area contributed by atoms with Gasteiger partial charge in [-0.1, -0.05) is 0 Å². The number of carbonyl (C=O) groups excluding carboxylic acids is 1. The highest BCUT2D eigenvalue weighted by molar-refractivity contribution is 7.99. The molecule has 0 bridgehead atoms. The van der Waals surface area contributed by atoms with E-state index in [1.807, 2.05) is 16.7 Å². The molecule has 1 amide bonds. The van der Waals surface area contributed by atoms with E-state index in [0.717, 1.165) is 37.6 Å². The summed E-state index contributed by atoms with van der Waals surface area (Å²) in [4.78, 5) is 13.9. The number of likely N-dealkylation sites (tertiary alicyclic amines) is 1. The highest BCUT2D eigenvalue weighted by Gasteiger charge is 2.27. The zero-order valence-corrected chi connectivity index (χ0v) is 10.3. The lowest BCUT2D eigenvalue weighted by atomic mass is 10.1. The van der Waals surface area contributed by atoms with Gasteiger partial charge in [0.05, 0.1) is 0 Å². The number of rotatable bonds is 3.